The van der Waals surface area contributed by atoms with Gasteiger partial charge in [0.2, 0.25) is 0 Å². The summed E-state index contributed by atoms with van der Waals surface area (Å²) in [6, 6.07) is 8.62. The molecule has 0 aliphatic carbocycles. The second-order valence-corrected chi connectivity index (χ2v) is 4.82. The molecule has 1 aliphatic heterocycles. The van der Waals surface area contributed by atoms with Crippen molar-refractivity contribution in [3.8, 4) is 0 Å². The fourth-order valence-corrected chi connectivity index (χ4v) is 2.52. The number of benzene rings is 1. The van der Waals surface area contributed by atoms with E-state index in [0.29, 0.717) is 0 Å². The molecule has 1 saturated heterocycles. The smallest absolute Gasteiger partial charge is 0.0426 e. The summed E-state index contributed by atoms with van der Waals surface area (Å²) in [4.78, 5) is 2.50. The van der Waals surface area contributed by atoms with Gasteiger partial charge >= 0.3 is 0 Å². The zero-order chi connectivity index (χ0) is 11.4. The molecule has 0 saturated carbocycles. The Balaban J connectivity index is 1.96. The minimum absolute atomic E-state index is 0.166. The number of likely N-dealkylation sites (tertiary alicyclic amines) is 1. The minimum Gasteiger partial charge on any atom is -0.323 e. The van der Waals surface area contributed by atoms with Crippen LogP contribution in [0.3, 0.4) is 0 Å². The first kappa shape index (κ1) is 11.6. The molecule has 1 atom stereocenters. The van der Waals surface area contributed by atoms with Crippen LogP contribution < -0.4 is 5.73 Å². The molecule has 1 unspecified atom stereocenters. The van der Waals surface area contributed by atoms with Crippen LogP contribution in [0.1, 0.15) is 36.4 Å². The lowest BCUT2D eigenvalue weighted by Gasteiger charge is -2.29. The van der Waals surface area contributed by atoms with Crippen LogP contribution in [0.2, 0.25) is 0 Å². The average Bonchev–Trinajstić information content (AvgIpc) is 2.31. The molecule has 0 bridgehead atoms. The number of nitrogens with zero attached hydrogens (tertiary/aromatic N) is 1. The van der Waals surface area contributed by atoms with Crippen molar-refractivity contribution in [2.45, 2.75) is 32.2 Å². The fourth-order valence-electron chi connectivity index (χ4n) is 2.52. The van der Waals surface area contributed by atoms with Gasteiger partial charge in [-0.2, -0.15) is 0 Å². The standard InChI is InChI=1S/C14H22N2/c1-12-7-3-4-8-13(12)14(15)11-16-9-5-2-6-10-16/h3-4,7-8,14H,2,5-6,9-11,15H2,1H3. The molecule has 2 N–H and O–H groups in total. The van der Waals surface area contributed by atoms with Crippen molar-refractivity contribution < 1.29 is 0 Å². The van der Waals surface area contributed by atoms with Crippen molar-refractivity contribution in [1.29, 1.82) is 0 Å². The van der Waals surface area contributed by atoms with Crippen LogP contribution in [0.4, 0.5) is 0 Å². The van der Waals surface area contributed by atoms with Crippen LogP contribution >= 0.6 is 0 Å². The lowest BCUT2D eigenvalue weighted by molar-refractivity contribution is 0.216. The number of piperidine rings is 1. The van der Waals surface area contributed by atoms with Gasteiger partial charge in [0.05, 0.1) is 0 Å². The van der Waals surface area contributed by atoms with Crippen LogP contribution in [-0.4, -0.2) is 24.5 Å². The van der Waals surface area contributed by atoms with Crippen molar-refractivity contribution in [1.82, 2.24) is 4.90 Å². The molecular weight excluding hydrogens is 196 g/mol. The quantitative estimate of drug-likeness (QED) is 0.844. The molecule has 0 radical (unpaired) electrons. The molecule has 1 fully saturated rings. The molecule has 0 amide bonds. The Bertz CT molecular complexity index is 329. The maximum absolute atomic E-state index is 6.29. The van der Waals surface area contributed by atoms with Gasteiger partial charge in [-0.05, 0) is 44.0 Å². The van der Waals surface area contributed by atoms with Gasteiger partial charge in [-0.15, -0.1) is 0 Å². The van der Waals surface area contributed by atoms with E-state index in [4.69, 9.17) is 5.73 Å². The second kappa shape index (κ2) is 5.46. The zero-order valence-corrected chi connectivity index (χ0v) is 10.2. The molecule has 1 aromatic rings. The summed E-state index contributed by atoms with van der Waals surface area (Å²) in [6.45, 7) is 5.59. The highest BCUT2D eigenvalue weighted by Gasteiger charge is 2.15. The largest absolute Gasteiger partial charge is 0.323 e. The highest BCUT2D eigenvalue weighted by atomic mass is 15.1. The maximum Gasteiger partial charge on any atom is 0.0426 e. The van der Waals surface area contributed by atoms with Crippen LogP contribution in [0, 0.1) is 6.92 Å². The Labute approximate surface area is 98.4 Å². The minimum atomic E-state index is 0.166. The number of aryl methyl sites for hydroxylation is 1. The summed E-state index contributed by atoms with van der Waals surface area (Å²) in [5.74, 6) is 0. The summed E-state index contributed by atoms with van der Waals surface area (Å²) >= 11 is 0. The third kappa shape index (κ3) is 2.83. The Hall–Kier alpha value is -0.860. The molecule has 0 aromatic heterocycles. The van der Waals surface area contributed by atoms with Crippen molar-refractivity contribution in [3.05, 3.63) is 35.4 Å². The highest BCUT2D eigenvalue weighted by molar-refractivity contribution is 5.28. The van der Waals surface area contributed by atoms with E-state index in [1.807, 2.05) is 0 Å². The first-order valence-electron chi connectivity index (χ1n) is 6.31. The highest BCUT2D eigenvalue weighted by Crippen LogP contribution is 2.18. The Kier molecular flexibility index (Phi) is 3.97. The first-order chi connectivity index (χ1) is 7.77. The van der Waals surface area contributed by atoms with Crippen LogP contribution in [-0.2, 0) is 0 Å². The molecule has 2 rings (SSSR count). The molecule has 1 heterocycles. The summed E-state index contributed by atoms with van der Waals surface area (Å²) in [5, 5.41) is 0. The van der Waals surface area contributed by atoms with Gasteiger partial charge in [0.1, 0.15) is 0 Å². The van der Waals surface area contributed by atoms with E-state index in [1.165, 1.54) is 43.5 Å². The zero-order valence-electron chi connectivity index (χ0n) is 10.2. The van der Waals surface area contributed by atoms with Crippen molar-refractivity contribution >= 4 is 0 Å². The van der Waals surface area contributed by atoms with E-state index in [9.17, 15) is 0 Å². The third-order valence-electron chi connectivity index (χ3n) is 3.49. The maximum atomic E-state index is 6.29. The van der Waals surface area contributed by atoms with Gasteiger partial charge in [0.15, 0.2) is 0 Å². The van der Waals surface area contributed by atoms with Gasteiger partial charge < -0.3 is 10.6 Å². The van der Waals surface area contributed by atoms with E-state index in [0.717, 1.165) is 6.54 Å². The Morgan fingerprint density at radius 3 is 2.56 bits per heavy atom. The summed E-state index contributed by atoms with van der Waals surface area (Å²) < 4.78 is 0. The number of rotatable bonds is 3. The van der Waals surface area contributed by atoms with Gasteiger partial charge in [0, 0.05) is 12.6 Å². The van der Waals surface area contributed by atoms with Crippen molar-refractivity contribution in [3.63, 3.8) is 0 Å². The topological polar surface area (TPSA) is 29.3 Å². The van der Waals surface area contributed by atoms with Crippen molar-refractivity contribution in [2.24, 2.45) is 5.73 Å². The SMILES string of the molecule is Cc1ccccc1C(N)CN1CCCCC1. The van der Waals surface area contributed by atoms with E-state index in [2.05, 4.69) is 36.1 Å². The summed E-state index contributed by atoms with van der Waals surface area (Å²) in [7, 11) is 0. The van der Waals surface area contributed by atoms with Gasteiger partial charge in [-0.3, -0.25) is 0 Å². The molecule has 2 heteroatoms. The fraction of sp³-hybridized carbons (Fsp3) is 0.571. The van der Waals surface area contributed by atoms with E-state index in [-0.39, 0.29) is 6.04 Å². The van der Waals surface area contributed by atoms with Crippen LogP contribution in [0.5, 0.6) is 0 Å². The second-order valence-electron chi connectivity index (χ2n) is 4.82. The molecular formula is C14H22N2. The lowest BCUT2D eigenvalue weighted by Crippen LogP contribution is -2.36. The van der Waals surface area contributed by atoms with Crippen LogP contribution in [0.25, 0.3) is 0 Å². The predicted octanol–water partition coefficient (Wildman–Crippen LogP) is 2.48. The Morgan fingerprint density at radius 2 is 1.88 bits per heavy atom. The molecule has 2 nitrogen and oxygen atoms in total. The first-order valence-corrected chi connectivity index (χ1v) is 6.31. The average molecular weight is 218 g/mol. The number of hydrogen-bond acceptors (Lipinski definition) is 2. The van der Waals surface area contributed by atoms with Crippen molar-refractivity contribution in [2.75, 3.05) is 19.6 Å². The molecule has 88 valence electrons. The summed E-state index contributed by atoms with van der Waals surface area (Å²) in [5.41, 5.74) is 8.90. The van der Waals surface area contributed by atoms with Crippen LogP contribution in [0.15, 0.2) is 24.3 Å². The normalized spacial score (nSPS) is 19.6. The van der Waals surface area contributed by atoms with Gasteiger partial charge in [0.25, 0.3) is 0 Å². The van der Waals surface area contributed by atoms with E-state index in [1.54, 1.807) is 0 Å². The molecule has 0 spiro atoms. The Morgan fingerprint density at radius 1 is 1.19 bits per heavy atom. The molecule has 1 aromatic carbocycles. The van der Waals surface area contributed by atoms with E-state index < -0.39 is 0 Å². The monoisotopic (exact) mass is 218 g/mol. The lowest BCUT2D eigenvalue weighted by atomic mass is 10.0. The molecule has 1 aliphatic rings. The molecule has 16 heavy (non-hydrogen) atoms. The van der Waals surface area contributed by atoms with E-state index >= 15 is 0 Å². The summed E-state index contributed by atoms with van der Waals surface area (Å²) in [6.07, 6.45) is 4.05. The van der Waals surface area contributed by atoms with Gasteiger partial charge in [-0.25, -0.2) is 0 Å². The number of hydrogen-bond donors (Lipinski definition) is 1. The van der Waals surface area contributed by atoms with Gasteiger partial charge in [-0.1, -0.05) is 30.7 Å². The number of nitrogens with two attached hydrogens (primary N) is 1. The predicted molar refractivity (Wildman–Crippen MR) is 68.4 cm³/mol. The third-order valence-corrected chi connectivity index (χ3v) is 3.49.